The van der Waals surface area contributed by atoms with E-state index in [0.29, 0.717) is 11.3 Å². The van der Waals surface area contributed by atoms with Crippen molar-refractivity contribution in [3.63, 3.8) is 0 Å². The maximum absolute atomic E-state index is 13.3. The number of nitrogens with zero attached hydrogens (tertiary/aromatic N) is 1. The Hall–Kier alpha value is -2.03. The van der Waals surface area contributed by atoms with Gasteiger partial charge in [0.15, 0.2) is 16.8 Å². The lowest BCUT2D eigenvalue weighted by molar-refractivity contribution is 0.509. The molecule has 0 aliphatic heterocycles. The van der Waals surface area contributed by atoms with E-state index in [1.54, 1.807) is 12.1 Å². The highest BCUT2D eigenvalue weighted by Crippen LogP contribution is 2.29. The van der Waals surface area contributed by atoms with Gasteiger partial charge in [-0.05, 0) is 30.3 Å². The fourth-order valence-corrected chi connectivity index (χ4v) is 4.43. The van der Waals surface area contributed by atoms with Crippen LogP contribution in [0.3, 0.4) is 0 Å². The average Bonchev–Trinajstić information content (AvgIpc) is 2.98. The van der Waals surface area contributed by atoms with E-state index in [-0.39, 0.29) is 15.0 Å². The highest BCUT2D eigenvalue weighted by molar-refractivity contribution is 7.93. The molecule has 0 atom stereocenters. The van der Waals surface area contributed by atoms with Crippen LogP contribution in [0.15, 0.2) is 52.7 Å². The van der Waals surface area contributed by atoms with E-state index in [4.69, 9.17) is 11.6 Å². The fourth-order valence-electron chi connectivity index (χ4n) is 1.94. The van der Waals surface area contributed by atoms with Crippen molar-refractivity contribution in [3.8, 4) is 11.3 Å². The van der Waals surface area contributed by atoms with E-state index in [2.05, 4.69) is 9.71 Å². The van der Waals surface area contributed by atoms with Crippen LogP contribution in [0, 0.1) is 11.6 Å². The van der Waals surface area contributed by atoms with Gasteiger partial charge in [0.1, 0.15) is 4.90 Å². The van der Waals surface area contributed by atoms with Gasteiger partial charge in [-0.25, -0.2) is 22.2 Å². The molecule has 124 valence electrons. The number of anilines is 1. The van der Waals surface area contributed by atoms with Gasteiger partial charge in [0, 0.05) is 10.9 Å². The predicted octanol–water partition coefficient (Wildman–Crippen LogP) is 4.54. The minimum Gasteiger partial charge on any atom is -0.255 e. The van der Waals surface area contributed by atoms with Crippen molar-refractivity contribution >= 4 is 38.1 Å². The SMILES string of the molecule is O=S(=O)(Nc1nc(-c2ccc(F)c(F)c2)cs1)c1ccccc1Cl. The van der Waals surface area contributed by atoms with Gasteiger partial charge in [-0.2, -0.15) is 0 Å². The number of rotatable bonds is 4. The van der Waals surface area contributed by atoms with Gasteiger partial charge in [-0.15, -0.1) is 11.3 Å². The number of thiazole rings is 1. The Kier molecular flexibility index (Phi) is 4.53. The number of hydrogen-bond donors (Lipinski definition) is 1. The first kappa shape index (κ1) is 16.8. The third-order valence-electron chi connectivity index (χ3n) is 3.07. The van der Waals surface area contributed by atoms with Gasteiger partial charge in [-0.1, -0.05) is 23.7 Å². The van der Waals surface area contributed by atoms with Crippen LogP contribution in [-0.2, 0) is 10.0 Å². The minimum atomic E-state index is -3.90. The molecule has 0 saturated heterocycles. The molecule has 1 heterocycles. The van der Waals surface area contributed by atoms with Crippen molar-refractivity contribution in [1.82, 2.24) is 4.98 Å². The van der Waals surface area contributed by atoms with Crippen molar-refractivity contribution in [1.29, 1.82) is 0 Å². The van der Waals surface area contributed by atoms with Crippen LogP contribution in [0.5, 0.6) is 0 Å². The fraction of sp³-hybridized carbons (Fsp3) is 0. The summed E-state index contributed by atoms with van der Waals surface area (Å²) in [7, 11) is -3.90. The van der Waals surface area contributed by atoms with E-state index in [0.717, 1.165) is 23.5 Å². The molecule has 0 radical (unpaired) electrons. The summed E-state index contributed by atoms with van der Waals surface area (Å²) in [5.74, 6) is -1.97. The van der Waals surface area contributed by atoms with Crippen molar-refractivity contribution < 1.29 is 17.2 Å². The van der Waals surface area contributed by atoms with Gasteiger partial charge < -0.3 is 0 Å². The first-order valence-corrected chi connectivity index (χ1v) is 9.29. The highest BCUT2D eigenvalue weighted by atomic mass is 35.5. The van der Waals surface area contributed by atoms with Crippen LogP contribution in [0.1, 0.15) is 0 Å². The van der Waals surface area contributed by atoms with E-state index in [1.165, 1.54) is 23.6 Å². The lowest BCUT2D eigenvalue weighted by atomic mass is 10.2. The summed E-state index contributed by atoms with van der Waals surface area (Å²) >= 11 is 6.92. The Bertz CT molecular complexity index is 1010. The molecule has 0 bridgehead atoms. The summed E-state index contributed by atoms with van der Waals surface area (Å²) in [5, 5.41) is 1.72. The second-order valence-corrected chi connectivity index (χ2v) is 7.62. The summed E-state index contributed by atoms with van der Waals surface area (Å²) in [6.45, 7) is 0. The zero-order valence-corrected chi connectivity index (χ0v) is 14.2. The summed E-state index contributed by atoms with van der Waals surface area (Å²) in [4.78, 5) is 4.01. The zero-order valence-electron chi connectivity index (χ0n) is 11.8. The Morgan fingerprint density at radius 2 is 1.83 bits per heavy atom. The number of hydrogen-bond acceptors (Lipinski definition) is 4. The molecule has 0 aliphatic carbocycles. The second-order valence-electron chi connectivity index (χ2n) is 4.70. The molecule has 3 rings (SSSR count). The summed E-state index contributed by atoms with van der Waals surface area (Å²) < 4.78 is 53.2. The van der Waals surface area contributed by atoms with Crippen LogP contribution in [0.2, 0.25) is 5.02 Å². The van der Waals surface area contributed by atoms with E-state index in [9.17, 15) is 17.2 Å². The lowest BCUT2D eigenvalue weighted by Crippen LogP contribution is -2.13. The molecule has 0 spiro atoms. The Balaban J connectivity index is 1.89. The Morgan fingerprint density at radius 3 is 2.54 bits per heavy atom. The van der Waals surface area contributed by atoms with Gasteiger partial charge in [0.2, 0.25) is 0 Å². The molecule has 1 aromatic heterocycles. The first-order chi connectivity index (χ1) is 11.4. The normalized spacial score (nSPS) is 11.5. The van der Waals surface area contributed by atoms with Crippen molar-refractivity contribution in [2.24, 2.45) is 0 Å². The molecule has 3 aromatic rings. The zero-order chi connectivity index (χ0) is 17.3. The molecule has 0 aliphatic rings. The largest absolute Gasteiger partial charge is 0.265 e. The van der Waals surface area contributed by atoms with E-state index >= 15 is 0 Å². The number of halogens is 3. The van der Waals surface area contributed by atoms with Crippen molar-refractivity contribution in [2.45, 2.75) is 4.90 Å². The van der Waals surface area contributed by atoms with Crippen LogP contribution >= 0.6 is 22.9 Å². The summed E-state index contributed by atoms with van der Waals surface area (Å²) in [5.41, 5.74) is 0.670. The van der Waals surface area contributed by atoms with Crippen LogP contribution in [0.4, 0.5) is 13.9 Å². The van der Waals surface area contributed by atoms with Crippen LogP contribution in [0.25, 0.3) is 11.3 Å². The predicted molar refractivity (Wildman–Crippen MR) is 89.7 cm³/mol. The smallest absolute Gasteiger partial charge is 0.255 e. The molecular weight excluding hydrogens is 378 g/mol. The molecule has 24 heavy (non-hydrogen) atoms. The highest BCUT2D eigenvalue weighted by Gasteiger charge is 2.19. The molecular formula is C15H9ClF2N2O2S2. The number of nitrogens with one attached hydrogen (secondary N) is 1. The van der Waals surface area contributed by atoms with Crippen LogP contribution in [-0.4, -0.2) is 13.4 Å². The second kappa shape index (κ2) is 6.46. The molecule has 0 amide bonds. The summed E-state index contributed by atoms with van der Waals surface area (Å²) in [6.07, 6.45) is 0. The molecule has 2 aromatic carbocycles. The third-order valence-corrected chi connectivity index (χ3v) is 5.79. The van der Waals surface area contributed by atoms with Crippen molar-refractivity contribution in [3.05, 3.63) is 64.5 Å². The monoisotopic (exact) mass is 386 g/mol. The molecule has 0 unspecified atom stereocenters. The number of sulfonamides is 1. The molecule has 9 heteroatoms. The van der Waals surface area contributed by atoms with E-state index < -0.39 is 21.7 Å². The quantitative estimate of drug-likeness (QED) is 0.716. The maximum Gasteiger partial charge on any atom is 0.265 e. The van der Waals surface area contributed by atoms with Gasteiger partial charge in [0.25, 0.3) is 10.0 Å². The van der Waals surface area contributed by atoms with Gasteiger partial charge in [0.05, 0.1) is 10.7 Å². The summed E-state index contributed by atoms with van der Waals surface area (Å²) in [6, 6.07) is 9.34. The molecule has 0 fully saturated rings. The van der Waals surface area contributed by atoms with Crippen molar-refractivity contribution in [2.75, 3.05) is 4.72 Å². The van der Waals surface area contributed by atoms with E-state index in [1.807, 2.05) is 0 Å². The minimum absolute atomic E-state index is 0.0729. The van der Waals surface area contributed by atoms with Gasteiger partial charge >= 0.3 is 0 Å². The molecule has 4 nitrogen and oxygen atoms in total. The maximum atomic E-state index is 13.3. The third kappa shape index (κ3) is 3.40. The average molecular weight is 387 g/mol. The standard InChI is InChI=1S/C15H9ClF2N2O2S2/c16-10-3-1-2-4-14(10)24(21,22)20-15-19-13(8-23-15)9-5-6-11(17)12(18)7-9/h1-8H,(H,19,20). The Morgan fingerprint density at radius 1 is 1.08 bits per heavy atom. The number of benzene rings is 2. The first-order valence-electron chi connectivity index (χ1n) is 6.55. The lowest BCUT2D eigenvalue weighted by Gasteiger charge is -2.06. The number of aromatic nitrogens is 1. The molecule has 1 N–H and O–H groups in total. The topological polar surface area (TPSA) is 59.1 Å². The van der Waals surface area contributed by atoms with Crippen LogP contribution < -0.4 is 4.72 Å². The van der Waals surface area contributed by atoms with Gasteiger partial charge in [-0.3, -0.25) is 4.72 Å². The Labute approximate surface area is 145 Å². The molecule has 0 saturated carbocycles.